The van der Waals surface area contributed by atoms with E-state index in [9.17, 15) is 4.79 Å². The summed E-state index contributed by atoms with van der Waals surface area (Å²) >= 11 is 0. The zero-order chi connectivity index (χ0) is 12.3. The first-order valence-electron chi connectivity index (χ1n) is 5.08. The maximum atomic E-state index is 11.1. The van der Waals surface area contributed by atoms with Crippen LogP contribution in [0.1, 0.15) is 0 Å². The Hall–Kier alpha value is -2.23. The van der Waals surface area contributed by atoms with E-state index in [1.807, 2.05) is 24.3 Å². The fourth-order valence-electron chi connectivity index (χ4n) is 1.64. The van der Waals surface area contributed by atoms with Crippen molar-refractivity contribution in [2.24, 2.45) is 0 Å². The van der Waals surface area contributed by atoms with Gasteiger partial charge in [-0.25, -0.2) is 4.79 Å². The quantitative estimate of drug-likeness (QED) is 0.589. The van der Waals surface area contributed by atoms with Gasteiger partial charge in [-0.2, -0.15) is 0 Å². The number of rotatable bonds is 2. The highest BCUT2D eigenvalue weighted by molar-refractivity contribution is 5.94. The fourth-order valence-corrected chi connectivity index (χ4v) is 1.64. The van der Waals surface area contributed by atoms with Crippen LogP contribution in [0.3, 0.4) is 0 Å². The van der Waals surface area contributed by atoms with Crippen molar-refractivity contribution in [2.75, 3.05) is 14.2 Å². The molecular formula is C13H12O4. The molecular weight excluding hydrogens is 220 g/mol. The Balaban J connectivity index is 2.54. The van der Waals surface area contributed by atoms with Crippen LogP contribution in [0.15, 0.2) is 36.4 Å². The Bertz CT molecular complexity index is 548. The van der Waals surface area contributed by atoms with Crippen LogP contribution >= 0.6 is 0 Å². The molecule has 2 aromatic carbocycles. The van der Waals surface area contributed by atoms with Crippen molar-refractivity contribution in [3.8, 4) is 11.5 Å². The van der Waals surface area contributed by atoms with Gasteiger partial charge >= 0.3 is 6.16 Å². The highest BCUT2D eigenvalue weighted by Gasteiger charge is 2.10. The number of fused-ring (bicyclic) bond motifs is 1. The fraction of sp³-hybridized carbons (Fsp3) is 0.154. The van der Waals surface area contributed by atoms with Crippen molar-refractivity contribution in [1.29, 1.82) is 0 Å². The lowest BCUT2D eigenvalue weighted by Gasteiger charge is -2.09. The summed E-state index contributed by atoms with van der Waals surface area (Å²) in [7, 11) is 2.87. The highest BCUT2D eigenvalue weighted by atomic mass is 16.7. The van der Waals surface area contributed by atoms with E-state index in [4.69, 9.17) is 9.47 Å². The van der Waals surface area contributed by atoms with E-state index in [0.717, 1.165) is 16.5 Å². The molecule has 0 aliphatic heterocycles. The average Bonchev–Trinajstić information content (AvgIpc) is 2.39. The van der Waals surface area contributed by atoms with Crippen LogP contribution in [-0.4, -0.2) is 20.4 Å². The molecule has 0 spiro atoms. The zero-order valence-electron chi connectivity index (χ0n) is 9.60. The summed E-state index contributed by atoms with van der Waals surface area (Å²) in [6.45, 7) is 0. The molecule has 2 aromatic rings. The minimum Gasteiger partial charge on any atom is -0.496 e. The largest absolute Gasteiger partial charge is 0.513 e. The number of hydrogen-bond donors (Lipinski definition) is 0. The molecule has 4 heteroatoms. The van der Waals surface area contributed by atoms with Crippen molar-refractivity contribution < 1.29 is 19.0 Å². The summed E-state index contributed by atoms with van der Waals surface area (Å²) < 4.78 is 14.8. The van der Waals surface area contributed by atoms with Gasteiger partial charge in [-0.1, -0.05) is 24.3 Å². The smallest absolute Gasteiger partial charge is 0.496 e. The van der Waals surface area contributed by atoms with Crippen LogP contribution in [0.25, 0.3) is 10.8 Å². The number of methoxy groups -OCH3 is 2. The van der Waals surface area contributed by atoms with Crippen molar-refractivity contribution in [1.82, 2.24) is 0 Å². The first-order valence-corrected chi connectivity index (χ1v) is 5.08. The molecule has 0 saturated heterocycles. The second-order valence-corrected chi connectivity index (χ2v) is 3.37. The van der Waals surface area contributed by atoms with Crippen LogP contribution in [0.4, 0.5) is 4.79 Å². The molecule has 0 atom stereocenters. The number of carbonyl (C=O) groups excluding carboxylic acids is 1. The Morgan fingerprint density at radius 2 is 1.53 bits per heavy atom. The first kappa shape index (κ1) is 11.3. The third kappa shape index (κ3) is 2.15. The molecule has 0 bridgehead atoms. The second-order valence-electron chi connectivity index (χ2n) is 3.37. The van der Waals surface area contributed by atoms with Gasteiger partial charge in [0, 0.05) is 10.8 Å². The van der Waals surface area contributed by atoms with Gasteiger partial charge in [0.1, 0.15) is 11.5 Å². The molecule has 0 aliphatic carbocycles. The van der Waals surface area contributed by atoms with Crippen molar-refractivity contribution >= 4 is 16.9 Å². The van der Waals surface area contributed by atoms with Gasteiger partial charge < -0.3 is 14.2 Å². The molecule has 17 heavy (non-hydrogen) atoms. The van der Waals surface area contributed by atoms with E-state index in [2.05, 4.69) is 4.74 Å². The number of benzene rings is 2. The standard InChI is InChI=1S/C13H12O4/c1-15-11-7-8-12(17-13(14)16-2)10-6-4-3-5-9(10)11/h3-8H,1-2H3. The third-order valence-electron chi connectivity index (χ3n) is 2.42. The molecule has 0 fully saturated rings. The van der Waals surface area contributed by atoms with Gasteiger partial charge in [-0.05, 0) is 12.1 Å². The Kier molecular flexibility index (Phi) is 3.14. The highest BCUT2D eigenvalue weighted by Crippen LogP contribution is 2.32. The molecule has 2 rings (SSSR count). The molecule has 0 saturated carbocycles. The van der Waals surface area contributed by atoms with Crippen LogP contribution in [-0.2, 0) is 4.74 Å². The monoisotopic (exact) mass is 232 g/mol. The molecule has 0 amide bonds. The predicted octanol–water partition coefficient (Wildman–Crippen LogP) is 2.99. The summed E-state index contributed by atoms with van der Waals surface area (Å²) in [5.41, 5.74) is 0. The molecule has 0 N–H and O–H groups in total. The Morgan fingerprint density at radius 1 is 0.941 bits per heavy atom. The van der Waals surface area contributed by atoms with Crippen molar-refractivity contribution in [3.05, 3.63) is 36.4 Å². The normalized spacial score (nSPS) is 10.0. The van der Waals surface area contributed by atoms with E-state index in [1.54, 1.807) is 19.2 Å². The zero-order valence-corrected chi connectivity index (χ0v) is 9.60. The summed E-state index contributed by atoms with van der Waals surface area (Å²) in [5, 5.41) is 1.69. The van der Waals surface area contributed by atoms with E-state index < -0.39 is 6.16 Å². The molecule has 0 aliphatic rings. The lowest BCUT2D eigenvalue weighted by atomic mass is 10.1. The van der Waals surface area contributed by atoms with Gasteiger partial charge in [-0.3, -0.25) is 0 Å². The maximum absolute atomic E-state index is 11.1. The topological polar surface area (TPSA) is 44.8 Å². The second kappa shape index (κ2) is 4.74. The van der Waals surface area contributed by atoms with Crippen molar-refractivity contribution in [2.45, 2.75) is 0 Å². The minimum atomic E-state index is -0.736. The molecule has 0 aromatic heterocycles. The minimum absolute atomic E-state index is 0.452. The summed E-state index contributed by atoms with van der Waals surface area (Å²) in [6, 6.07) is 11.0. The van der Waals surface area contributed by atoms with E-state index in [0.29, 0.717) is 5.75 Å². The van der Waals surface area contributed by atoms with Crippen LogP contribution < -0.4 is 9.47 Å². The average molecular weight is 232 g/mol. The molecule has 4 nitrogen and oxygen atoms in total. The lowest BCUT2D eigenvalue weighted by Crippen LogP contribution is -2.07. The van der Waals surface area contributed by atoms with Gasteiger partial charge in [0.2, 0.25) is 0 Å². The number of hydrogen-bond acceptors (Lipinski definition) is 4. The Labute approximate surface area is 98.7 Å². The number of ether oxygens (including phenoxy) is 3. The number of carbonyl (C=O) groups is 1. The Morgan fingerprint density at radius 3 is 2.12 bits per heavy atom. The summed E-state index contributed by atoms with van der Waals surface area (Å²) in [4.78, 5) is 11.1. The predicted molar refractivity (Wildman–Crippen MR) is 63.5 cm³/mol. The molecule has 0 radical (unpaired) electrons. The van der Waals surface area contributed by atoms with Gasteiger partial charge in [-0.15, -0.1) is 0 Å². The van der Waals surface area contributed by atoms with Crippen LogP contribution in [0, 0.1) is 0 Å². The van der Waals surface area contributed by atoms with Crippen LogP contribution in [0.2, 0.25) is 0 Å². The van der Waals surface area contributed by atoms with E-state index >= 15 is 0 Å². The first-order chi connectivity index (χ1) is 8.26. The molecule has 0 heterocycles. The summed E-state index contributed by atoms with van der Waals surface area (Å²) in [5.74, 6) is 1.19. The maximum Gasteiger partial charge on any atom is 0.513 e. The van der Waals surface area contributed by atoms with E-state index in [-0.39, 0.29) is 0 Å². The molecule has 0 unspecified atom stereocenters. The van der Waals surface area contributed by atoms with Crippen molar-refractivity contribution in [3.63, 3.8) is 0 Å². The van der Waals surface area contributed by atoms with Gasteiger partial charge in [0.05, 0.1) is 14.2 Å². The summed E-state index contributed by atoms with van der Waals surface area (Å²) in [6.07, 6.45) is -0.736. The SMILES string of the molecule is COC(=O)Oc1ccc(OC)c2ccccc12. The van der Waals surface area contributed by atoms with Gasteiger partial charge in [0.25, 0.3) is 0 Å². The van der Waals surface area contributed by atoms with E-state index in [1.165, 1.54) is 7.11 Å². The van der Waals surface area contributed by atoms with Gasteiger partial charge in [0.15, 0.2) is 0 Å². The van der Waals surface area contributed by atoms with Crippen LogP contribution in [0.5, 0.6) is 11.5 Å². The third-order valence-corrected chi connectivity index (χ3v) is 2.42. The molecule has 88 valence electrons. The lowest BCUT2D eigenvalue weighted by molar-refractivity contribution is 0.122.